The minimum atomic E-state index is -0.0579. The zero-order chi connectivity index (χ0) is 8.72. The standard InChI is InChI=1S/C7H4BrClN2O/c8-5-2-4(9)3-1-6(12)11-7(3)10-5/h2H,1H2,(H,10,11,12). The molecule has 0 bridgehead atoms. The van der Waals surface area contributed by atoms with Crippen LogP contribution in [0.15, 0.2) is 10.7 Å². The summed E-state index contributed by atoms with van der Waals surface area (Å²) in [7, 11) is 0. The molecule has 62 valence electrons. The molecule has 3 nitrogen and oxygen atoms in total. The van der Waals surface area contributed by atoms with E-state index in [9.17, 15) is 4.79 Å². The molecule has 1 aliphatic heterocycles. The number of fused-ring (bicyclic) bond motifs is 1. The zero-order valence-corrected chi connectivity index (χ0v) is 8.24. The second-order valence-corrected chi connectivity index (χ2v) is 3.70. The van der Waals surface area contributed by atoms with Gasteiger partial charge in [-0.3, -0.25) is 4.79 Å². The van der Waals surface area contributed by atoms with E-state index in [0.717, 1.165) is 5.56 Å². The number of halogens is 2. The molecule has 0 unspecified atom stereocenters. The van der Waals surface area contributed by atoms with Crippen LogP contribution in [0.2, 0.25) is 5.02 Å². The summed E-state index contributed by atoms with van der Waals surface area (Å²) < 4.78 is 0.633. The molecule has 1 amide bonds. The fourth-order valence-electron chi connectivity index (χ4n) is 1.12. The Morgan fingerprint density at radius 2 is 2.42 bits per heavy atom. The largest absolute Gasteiger partial charge is 0.310 e. The van der Waals surface area contributed by atoms with Gasteiger partial charge in [0.15, 0.2) is 0 Å². The molecule has 0 aliphatic carbocycles. The number of rotatable bonds is 0. The molecule has 1 aromatic rings. The predicted molar refractivity (Wildman–Crippen MR) is 49.3 cm³/mol. The van der Waals surface area contributed by atoms with Crippen molar-refractivity contribution < 1.29 is 4.79 Å². The normalized spacial score (nSPS) is 14.3. The van der Waals surface area contributed by atoms with Crippen LogP contribution in [0.25, 0.3) is 0 Å². The summed E-state index contributed by atoms with van der Waals surface area (Å²) in [5.74, 6) is 0.511. The molecular weight excluding hydrogens is 243 g/mol. The summed E-state index contributed by atoms with van der Waals surface area (Å²) in [6, 6.07) is 1.68. The van der Waals surface area contributed by atoms with E-state index in [2.05, 4.69) is 26.2 Å². The van der Waals surface area contributed by atoms with E-state index in [-0.39, 0.29) is 5.91 Å². The van der Waals surface area contributed by atoms with Crippen molar-refractivity contribution in [3.8, 4) is 0 Å². The van der Waals surface area contributed by atoms with Crippen molar-refractivity contribution in [3.05, 3.63) is 21.3 Å². The van der Waals surface area contributed by atoms with E-state index in [1.54, 1.807) is 6.07 Å². The third kappa shape index (κ3) is 1.21. The van der Waals surface area contributed by atoms with Crippen LogP contribution in [0, 0.1) is 0 Å². The summed E-state index contributed by atoms with van der Waals surface area (Å²) in [6.45, 7) is 0. The van der Waals surface area contributed by atoms with Crippen molar-refractivity contribution >= 4 is 39.3 Å². The van der Waals surface area contributed by atoms with Gasteiger partial charge in [-0.25, -0.2) is 4.98 Å². The highest BCUT2D eigenvalue weighted by atomic mass is 79.9. The van der Waals surface area contributed by atoms with Gasteiger partial charge >= 0.3 is 0 Å². The third-order valence-electron chi connectivity index (χ3n) is 1.63. The SMILES string of the molecule is O=C1Cc2c(Cl)cc(Br)nc2N1. The molecule has 0 saturated heterocycles. The number of carbonyl (C=O) groups is 1. The Morgan fingerprint density at radius 1 is 1.67 bits per heavy atom. The van der Waals surface area contributed by atoms with Gasteiger partial charge in [0, 0.05) is 5.56 Å². The minimum Gasteiger partial charge on any atom is -0.310 e. The predicted octanol–water partition coefficient (Wildman–Crippen LogP) is 1.99. The highest BCUT2D eigenvalue weighted by Crippen LogP contribution is 2.30. The highest BCUT2D eigenvalue weighted by Gasteiger charge is 2.21. The number of carbonyl (C=O) groups excluding carboxylic acids is 1. The van der Waals surface area contributed by atoms with E-state index in [4.69, 9.17) is 11.6 Å². The second kappa shape index (κ2) is 2.71. The van der Waals surface area contributed by atoms with Crippen LogP contribution in [0.5, 0.6) is 0 Å². The quantitative estimate of drug-likeness (QED) is 0.713. The van der Waals surface area contributed by atoms with Gasteiger partial charge in [0.25, 0.3) is 0 Å². The van der Waals surface area contributed by atoms with Gasteiger partial charge in [0.1, 0.15) is 10.4 Å². The van der Waals surface area contributed by atoms with Crippen LogP contribution < -0.4 is 5.32 Å². The van der Waals surface area contributed by atoms with Crippen LogP contribution in [0.1, 0.15) is 5.56 Å². The summed E-state index contributed by atoms with van der Waals surface area (Å²) in [5, 5.41) is 3.19. The smallest absolute Gasteiger partial charge is 0.230 e. The number of anilines is 1. The first-order chi connectivity index (χ1) is 5.66. The summed E-state index contributed by atoms with van der Waals surface area (Å²) in [4.78, 5) is 15.0. The molecule has 5 heteroatoms. The van der Waals surface area contributed by atoms with Crippen LogP contribution in [0.4, 0.5) is 5.82 Å². The molecule has 0 saturated carbocycles. The van der Waals surface area contributed by atoms with Crippen molar-refractivity contribution in [2.75, 3.05) is 5.32 Å². The van der Waals surface area contributed by atoms with Crippen LogP contribution in [-0.4, -0.2) is 10.9 Å². The van der Waals surface area contributed by atoms with Crippen molar-refractivity contribution in [3.63, 3.8) is 0 Å². The Balaban J connectivity index is 2.59. The number of hydrogen-bond acceptors (Lipinski definition) is 2. The van der Waals surface area contributed by atoms with Gasteiger partial charge in [-0.2, -0.15) is 0 Å². The second-order valence-electron chi connectivity index (χ2n) is 2.48. The lowest BCUT2D eigenvalue weighted by Crippen LogP contribution is -2.04. The maximum Gasteiger partial charge on any atom is 0.230 e. The molecule has 0 spiro atoms. The zero-order valence-electron chi connectivity index (χ0n) is 5.90. The number of pyridine rings is 1. The number of aromatic nitrogens is 1. The van der Waals surface area contributed by atoms with Crippen molar-refractivity contribution in [1.82, 2.24) is 4.98 Å². The molecule has 0 atom stereocenters. The van der Waals surface area contributed by atoms with Crippen molar-refractivity contribution in [2.45, 2.75) is 6.42 Å². The Morgan fingerprint density at radius 3 is 3.17 bits per heavy atom. The van der Waals surface area contributed by atoms with Gasteiger partial charge in [-0.1, -0.05) is 11.6 Å². The number of nitrogens with one attached hydrogen (secondary N) is 1. The number of hydrogen-bond donors (Lipinski definition) is 1. The van der Waals surface area contributed by atoms with E-state index in [1.807, 2.05) is 0 Å². The topological polar surface area (TPSA) is 42.0 Å². The van der Waals surface area contributed by atoms with Gasteiger partial charge < -0.3 is 5.32 Å². The minimum absolute atomic E-state index is 0.0579. The number of amides is 1. The van der Waals surface area contributed by atoms with Gasteiger partial charge in [0.2, 0.25) is 5.91 Å². The lowest BCUT2D eigenvalue weighted by molar-refractivity contribution is -0.115. The molecule has 1 aromatic heterocycles. The lowest BCUT2D eigenvalue weighted by atomic mass is 10.2. The van der Waals surface area contributed by atoms with E-state index in [0.29, 0.717) is 21.9 Å². The first-order valence-corrected chi connectivity index (χ1v) is 4.48. The Labute approximate surface area is 82.3 Å². The Bertz CT molecular complexity index is 367. The number of nitrogens with zero attached hydrogens (tertiary/aromatic N) is 1. The monoisotopic (exact) mass is 246 g/mol. The molecule has 2 heterocycles. The molecule has 0 fully saturated rings. The van der Waals surface area contributed by atoms with Gasteiger partial charge in [0.05, 0.1) is 11.4 Å². The maximum absolute atomic E-state index is 10.9. The average molecular weight is 247 g/mol. The van der Waals surface area contributed by atoms with E-state index < -0.39 is 0 Å². The maximum atomic E-state index is 10.9. The molecule has 12 heavy (non-hydrogen) atoms. The highest BCUT2D eigenvalue weighted by molar-refractivity contribution is 9.10. The molecule has 0 radical (unpaired) electrons. The Kier molecular flexibility index (Phi) is 1.81. The van der Waals surface area contributed by atoms with E-state index >= 15 is 0 Å². The van der Waals surface area contributed by atoms with Gasteiger partial charge in [-0.15, -0.1) is 0 Å². The summed E-state index contributed by atoms with van der Waals surface area (Å²) in [5.41, 5.74) is 0.782. The summed E-state index contributed by atoms with van der Waals surface area (Å²) >= 11 is 9.07. The fourth-order valence-corrected chi connectivity index (χ4v) is 1.92. The molecular formula is C7H4BrClN2O. The van der Waals surface area contributed by atoms with Crippen LogP contribution in [-0.2, 0) is 11.2 Å². The van der Waals surface area contributed by atoms with Crippen LogP contribution in [0.3, 0.4) is 0 Å². The molecule has 1 aliphatic rings. The summed E-state index contributed by atoms with van der Waals surface area (Å²) in [6.07, 6.45) is 0.328. The van der Waals surface area contributed by atoms with Crippen molar-refractivity contribution in [2.24, 2.45) is 0 Å². The fraction of sp³-hybridized carbons (Fsp3) is 0.143. The first kappa shape index (κ1) is 8.01. The Hall–Kier alpha value is -0.610. The lowest BCUT2D eigenvalue weighted by Gasteiger charge is -1.99. The average Bonchev–Trinajstić information content (AvgIpc) is 2.29. The van der Waals surface area contributed by atoms with E-state index in [1.165, 1.54) is 0 Å². The van der Waals surface area contributed by atoms with Crippen molar-refractivity contribution in [1.29, 1.82) is 0 Å². The van der Waals surface area contributed by atoms with Gasteiger partial charge in [-0.05, 0) is 22.0 Å². The first-order valence-electron chi connectivity index (χ1n) is 3.31. The van der Waals surface area contributed by atoms with Crippen LogP contribution >= 0.6 is 27.5 Å². The third-order valence-corrected chi connectivity index (χ3v) is 2.38. The molecule has 2 rings (SSSR count). The molecule has 0 aromatic carbocycles. The molecule has 1 N–H and O–H groups in total.